The SMILES string of the molecule is C=C[C@H]1O[C@H](CO[Si](C)(C)C(C)(C)C)[C@@H](OCc2ccccc2)[C@@H]1OCc1ccccc1. The van der Waals surface area contributed by atoms with Gasteiger partial charge in [-0.15, -0.1) is 6.58 Å². The molecule has 0 amide bonds. The Morgan fingerprint density at radius 2 is 1.38 bits per heavy atom. The van der Waals surface area contributed by atoms with Crippen LogP contribution in [0, 0.1) is 0 Å². The van der Waals surface area contributed by atoms with Gasteiger partial charge in [0.2, 0.25) is 0 Å². The predicted molar refractivity (Wildman–Crippen MR) is 132 cm³/mol. The number of ether oxygens (including phenoxy) is 3. The molecule has 0 aliphatic carbocycles. The summed E-state index contributed by atoms with van der Waals surface area (Å²) in [7, 11) is -1.92. The van der Waals surface area contributed by atoms with E-state index < -0.39 is 8.32 Å². The van der Waals surface area contributed by atoms with Crippen molar-refractivity contribution in [3.63, 3.8) is 0 Å². The van der Waals surface area contributed by atoms with Gasteiger partial charge in [0.15, 0.2) is 8.32 Å². The fourth-order valence-electron chi connectivity index (χ4n) is 3.51. The van der Waals surface area contributed by atoms with E-state index in [-0.39, 0.29) is 29.5 Å². The smallest absolute Gasteiger partial charge is 0.192 e. The summed E-state index contributed by atoms with van der Waals surface area (Å²) in [5, 5.41) is 0.132. The van der Waals surface area contributed by atoms with Crippen LogP contribution in [0.4, 0.5) is 0 Å². The highest BCUT2D eigenvalue weighted by Crippen LogP contribution is 2.38. The lowest BCUT2D eigenvalue weighted by molar-refractivity contribution is -0.0813. The van der Waals surface area contributed by atoms with E-state index in [1.165, 1.54) is 0 Å². The average molecular weight is 455 g/mol. The quantitative estimate of drug-likeness (QED) is 0.319. The van der Waals surface area contributed by atoms with Crippen molar-refractivity contribution < 1.29 is 18.6 Å². The number of benzene rings is 2. The zero-order valence-corrected chi connectivity index (χ0v) is 21.1. The summed E-state index contributed by atoms with van der Waals surface area (Å²) < 4.78 is 25.6. The summed E-state index contributed by atoms with van der Waals surface area (Å²) in [6, 6.07) is 20.4. The van der Waals surface area contributed by atoms with E-state index in [4.69, 9.17) is 18.6 Å². The van der Waals surface area contributed by atoms with Crippen molar-refractivity contribution in [2.45, 2.75) is 76.5 Å². The van der Waals surface area contributed by atoms with Gasteiger partial charge in [0.25, 0.3) is 0 Å². The van der Waals surface area contributed by atoms with Gasteiger partial charge in [-0.3, -0.25) is 0 Å². The van der Waals surface area contributed by atoms with Crippen LogP contribution in [-0.4, -0.2) is 39.3 Å². The Morgan fingerprint density at radius 3 is 1.84 bits per heavy atom. The molecule has 0 N–H and O–H groups in total. The molecule has 2 aromatic carbocycles. The maximum absolute atomic E-state index is 6.51. The Hall–Kier alpha value is -1.76. The monoisotopic (exact) mass is 454 g/mol. The summed E-state index contributed by atoms with van der Waals surface area (Å²) in [6.07, 6.45) is 0.876. The van der Waals surface area contributed by atoms with Crippen LogP contribution in [0.15, 0.2) is 73.3 Å². The average Bonchev–Trinajstić information content (AvgIpc) is 3.12. The second-order valence-corrected chi connectivity index (χ2v) is 14.8. The minimum Gasteiger partial charge on any atom is -0.414 e. The second kappa shape index (κ2) is 10.9. The van der Waals surface area contributed by atoms with Crippen LogP contribution in [0.3, 0.4) is 0 Å². The van der Waals surface area contributed by atoms with Gasteiger partial charge in [0.1, 0.15) is 24.4 Å². The van der Waals surface area contributed by atoms with Crippen LogP contribution in [0.2, 0.25) is 18.1 Å². The molecule has 0 aromatic heterocycles. The van der Waals surface area contributed by atoms with E-state index in [2.05, 4.69) is 64.7 Å². The first-order chi connectivity index (χ1) is 15.2. The molecule has 0 unspecified atom stereocenters. The maximum Gasteiger partial charge on any atom is 0.192 e. The van der Waals surface area contributed by atoms with Crippen molar-refractivity contribution in [3.05, 3.63) is 84.4 Å². The summed E-state index contributed by atoms with van der Waals surface area (Å²) >= 11 is 0. The summed E-state index contributed by atoms with van der Waals surface area (Å²) in [5.41, 5.74) is 2.25. The van der Waals surface area contributed by atoms with Crippen LogP contribution < -0.4 is 0 Å². The molecule has 5 heteroatoms. The normalized spacial score (nSPS) is 23.9. The molecule has 1 aliphatic heterocycles. The topological polar surface area (TPSA) is 36.9 Å². The van der Waals surface area contributed by atoms with Gasteiger partial charge in [0.05, 0.1) is 19.8 Å². The van der Waals surface area contributed by atoms with Crippen LogP contribution in [0.25, 0.3) is 0 Å². The van der Waals surface area contributed by atoms with Crippen LogP contribution in [0.1, 0.15) is 31.9 Å². The molecule has 3 rings (SSSR count). The third kappa shape index (κ3) is 6.39. The van der Waals surface area contributed by atoms with Gasteiger partial charge in [-0.25, -0.2) is 0 Å². The molecule has 174 valence electrons. The lowest BCUT2D eigenvalue weighted by Gasteiger charge is -2.37. The fraction of sp³-hybridized carbons (Fsp3) is 0.481. The number of hydrogen-bond acceptors (Lipinski definition) is 4. The molecule has 0 spiro atoms. The Bertz CT molecular complexity index is 832. The van der Waals surface area contributed by atoms with Gasteiger partial charge < -0.3 is 18.6 Å². The molecule has 0 saturated carbocycles. The Morgan fingerprint density at radius 1 is 0.875 bits per heavy atom. The van der Waals surface area contributed by atoms with E-state index >= 15 is 0 Å². The minimum absolute atomic E-state index is 0.132. The molecule has 1 aliphatic rings. The third-order valence-corrected chi connectivity index (χ3v) is 11.1. The van der Waals surface area contributed by atoms with Crippen molar-refractivity contribution in [2.24, 2.45) is 0 Å². The van der Waals surface area contributed by atoms with E-state index in [0.717, 1.165) is 11.1 Å². The first-order valence-electron chi connectivity index (χ1n) is 11.4. The Balaban J connectivity index is 1.74. The van der Waals surface area contributed by atoms with Crippen molar-refractivity contribution >= 4 is 8.32 Å². The summed E-state index contributed by atoms with van der Waals surface area (Å²) in [4.78, 5) is 0. The minimum atomic E-state index is -1.92. The first-order valence-corrected chi connectivity index (χ1v) is 14.3. The molecule has 4 atom stereocenters. The van der Waals surface area contributed by atoms with Crippen molar-refractivity contribution in [2.75, 3.05) is 6.61 Å². The lowest BCUT2D eigenvalue weighted by atomic mass is 10.1. The van der Waals surface area contributed by atoms with Gasteiger partial charge in [-0.1, -0.05) is 87.5 Å². The standard InChI is InChI=1S/C27H38O4Si/c1-7-23-25(28-18-21-14-10-8-11-15-21)26(29-19-22-16-12-9-13-17-22)24(31-23)20-30-32(5,6)27(2,3)4/h7-17,23-26H,1,18-20H2,2-6H3/t23-,24-,25-,26-/m1/s1. The molecule has 2 aromatic rings. The number of rotatable bonds is 10. The highest BCUT2D eigenvalue weighted by atomic mass is 28.4. The highest BCUT2D eigenvalue weighted by Gasteiger charge is 2.47. The van der Waals surface area contributed by atoms with E-state index in [1.54, 1.807) is 0 Å². The zero-order chi connectivity index (χ0) is 23.2. The summed E-state index contributed by atoms with van der Waals surface area (Å²) in [5.74, 6) is 0. The number of hydrogen-bond donors (Lipinski definition) is 0. The molecule has 32 heavy (non-hydrogen) atoms. The maximum atomic E-state index is 6.51. The zero-order valence-electron chi connectivity index (χ0n) is 20.1. The molecule has 0 radical (unpaired) electrons. The second-order valence-electron chi connectivity index (χ2n) is 9.97. The van der Waals surface area contributed by atoms with Crippen molar-refractivity contribution in [1.82, 2.24) is 0 Å². The Kier molecular flexibility index (Phi) is 8.47. The van der Waals surface area contributed by atoms with E-state index in [0.29, 0.717) is 19.8 Å². The van der Waals surface area contributed by atoms with E-state index in [9.17, 15) is 0 Å². The van der Waals surface area contributed by atoms with E-state index in [1.807, 2.05) is 42.5 Å². The largest absolute Gasteiger partial charge is 0.414 e. The summed E-state index contributed by atoms with van der Waals surface area (Å²) in [6.45, 7) is 16.7. The van der Waals surface area contributed by atoms with Crippen LogP contribution in [-0.2, 0) is 31.9 Å². The molecule has 1 saturated heterocycles. The molecular formula is C27H38O4Si. The molecule has 0 bridgehead atoms. The van der Waals surface area contributed by atoms with Crippen molar-refractivity contribution in [3.8, 4) is 0 Å². The lowest BCUT2D eigenvalue weighted by Crippen LogP contribution is -2.45. The van der Waals surface area contributed by atoms with Gasteiger partial charge in [0, 0.05) is 0 Å². The molecule has 4 nitrogen and oxygen atoms in total. The predicted octanol–water partition coefficient (Wildman–Crippen LogP) is 6.13. The van der Waals surface area contributed by atoms with Crippen molar-refractivity contribution in [1.29, 1.82) is 0 Å². The van der Waals surface area contributed by atoms with Gasteiger partial charge in [-0.05, 0) is 29.3 Å². The van der Waals surface area contributed by atoms with Gasteiger partial charge >= 0.3 is 0 Å². The molecular weight excluding hydrogens is 416 g/mol. The fourth-order valence-corrected chi connectivity index (χ4v) is 4.53. The molecule has 1 fully saturated rings. The highest BCUT2D eigenvalue weighted by molar-refractivity contribution is 6.74. The Labute approximate surface area is 194 Å². The van der Waals surface area contributed by atoms with Gasteiger partial charge in [-0.2, -0.15) is 0 Å². The van der Waals surface area contributed by atoms with Crippen LogP contribution >= 0.6 is 0 Å². The first kappa shape index (κ1) is 24.9. The molecule has 1 heterocycles. The third-order valence-electron chi connectivity index (χ3n) is 6.56. The van der Waals surface area contributed by atoms with Crippen LogP contribution in [0.5, 0.6) is 0 Å².